The molecule has 1 aliphatic heterocycles. The third-order valence-corrected chi connectivity index (χ3v) is 4.75. The van der Waals surface area contributed by atoms with Gasteiger partial charge in [-0.1, -0.05) is 29.5 Å². The Labute approximate surface area is 156 Å². The summed E-state index contributed by atoms with van der Waals surface area (Å²) in [7, 11) is 0. The van der Waals surface area contributed by atoms with Crippen molar-refractivity contribution in [3.63, 3.8) is 0 Å². The van der Waals surface area contributed by atoms with Crippen LogP contribution in [0.5, 0.6) is 0 Å². The maximum atomic E-state index is 11.5. The van der Waals surface area contributed by atoms with Crippen LogP contribution >= 0.6 is 11.8 Å². The van der Waals surface area contributed by atoms with Gasteiger partial charge in [-0.05, 0) is 19.1 Å². The Balaban J connectivity index is 2.22. The summed E-state index contributed by atoms with van der Waals surface area (Å²) in [5.74, 6) is -1.53. The van der Waals surface area contributed by atoms with Gasteiger partial charge in [0, 0.05) is 25.7 Å². The zero-order chi connectivity index (χ0) is 19.3. The van der Waals surface area contributed by atoms with Crippen molar-refractivity contribution in [1.82, 2.24) is 0 Å². The average Bonchev–Trinajstić information content (AvgIpc) is 2.84. The molecule has 0 N–H and O–H groups in total. The molecule has 0 aliphatic carbocycles. The minimum absolute atomic E-state index is 0.101. The van der Waals surface area contributed by atoms with Crippen LogP contribution < -0.4 is 0 Å². The van der Waals surface area contributed by atoms with E-state index in [1.165, 1.54) is 32.5 Å². The van der Waals surface area contributed by atoms with Crippen molar-refractivity contribution in [3.05, 3.63) is 29.8 Å². The number of hydrogen-bond acceptors (Lipinski definition) is 8. The summed E-state index contributed by atoms with van der Waals surface area (Å²) in [5, 5.41) is 0. The molecule has 0 radical (unpaired) electrons. The highest BCUT2D eigenvalue weighted by molar-refractivity contribution is 7.99. The normalized spacial score (nSPS) is 24.8. The first kappa shape index (κ1) is 20.3. The van der Waals surface area contributed by atoms with Gasteiger partial charge in [-0.15, -0.1) is 0 Å². The van der Waals surface area contributed by atoms with Gasteiger partial charge in [-0.2, -0.15) is 0 Å². The fourth-order valence-corrected chi connectivity index (χ4v) is 3.63. The van der Waals surface area contributed by atoms with E-state index in [0.717, 1.165) is 10.5 Å². The van der Waals surface area contributed by atoms with Gasteiger partial charge in [0.1, 0.15) is 18.1 Å². The lowest BCUT2D eigenvalue weighted by Gasteiger charge is -2.23. The lowest BCUT2D eigenvalue weighted by atomic mass is 10.2. The summed E-state index contributed by atoms with van der Waals surface area (Å²) in [6.07, 6.45) is -2.41. The number of hydrogen-bond donors (Lipinski definition) is 0. The second-order valence-corrected chi connectivity index (χ2v) is 7.10. The quantitative estimate of drug-likeness (QED) is 0.417. The number of rotatable bonds is 6. The summed E-state index contributed by atoms with van der Waals surface area (Å²) in [4.78, 5) is 35.0. The highest BCUT2D eigenvalue weighted by atomic mass is 32.2. The Morgan fingerprint density at radius 2 is 1.54 bits per heavy atom. The van der Waals surface area contributed by atoms with E-state index in [-0.39, 0.29) is 6.61 Å². The predicted molar refractivity (Wildman–Crippen MR) is 93.4 cm³/mol. The SMILES string of the molecule is CC(=O)O[13CH2][13C@H]1O[13C@H](Sc2ccc(C)cc2)[13C@@H](OC(C)=O)[13C@@H]1OC(C)=O. The molecule has 1 aromatic rings. The molecule has 0 saturated carbocycles. The standard InChI is InChI=1S/C18H22O7S/c1-10-5-7-14(8-6-10)26-18-17(24-13(4)21)16(23-12(3)20)15(25-18)9-22-11(2)19/h5-8,15-18H,9H2,1-4H3/t15-,16-,17+,18-/m1/s1/i9+1,15+1,16+1,17+1,18+1. The van der Waals surface area contributed by atoms with Crippen molar-refractivity contribution in [2.75, 3.05) is 6.61 Å². The molecule has 1 fully saturated rings. The van der Waals surface area contributed by atoms with E-state index in [9.17, 15) is 14.4 Å². The summed E-state index contributed by atoms with van der Waals surface area (Å²) in [6, 6.07) is 7.76. The summed E-state index contributed by atoms with van der Waals surface area (Å²) >= 11 is 1.35. The van der Waals surface area contributed by atoms with Crippen LogP contribution in [0, 0.1) is 6.92 Å². The number of benzene rings is 1. The van der Waals surface area contributed by atoms with E-state index in [0.29, 0.717) is 0 Å². The van der Waals surface area contributed by atoms with Gasteiger partial charge in [0.05, 0.1) is 0 Å². The second-order valence-electron chi connectivity index (χ2n) is 5.92. The molecule has 7 nitrogen and oxygen atoms in total. The van der Waals surface area contributed by atoms with Crippen LogP contribution in [0.1, 0.15) is 26.3 Å². The Morgan fingerprint density at radius 1 is 0.962 bits per heavy atom. The fourth-order valence-electron chi connectivity index (χ4n) is 2.52. The van der Waals surface area contributed by atoms with E-state index in [1.807, 2.05) is 31.2 Å². The van der Waals surface area contributed by atoms with E-state index < -0.39 is 41.7 Å². The minimum atomic E-state index is -0.862. The smallest absolute Gasteiger partial charge is 0.303 e. The van der Waals surface area contributed by atoms with Crippen molar-refractivity contribution in [3.8, 4) is 0 Å². The molecule has 0 bridgehead atoms. The van der Waals surface area contributed by atoms with Crippen LogP contribution in [0.2, 0.25) is 0 Å². The molecule has 2 rings (SSSR count). The molecule has 1 aromatic carbocycles. The van der Waals surface area contributed by atoms with E-state index >= 15 is 0 Å². The van der Waals surface area contributed by atoms with E-state index in [2.05, 4.69) is 0 Å². The molecule has 1 aliphatic rings. The zero-order valence-corrected chi connectivity index (χ0v) is 15.9. The van der Waals surface area contributed by atoms with Gasteiger partial charge in [-0.25, -0.2) is 0 Å². The molecule has 1 saturated heterocycles. The number of carbonyl (C=O) groups is 3. The van der Waals surface area contributed by atoms with Crippen LogP contribution in [0.15, 0.2) is 29.2 Å². The van der Waals surface area contributed by atoms with E-state index in [1.54, 1.807) is 0 Å². The monoisotopic (exact) mass is 387 g/mol. The van der Waals surface area contributed by atoms with Crippen LogP contribution in [-0.4, -0.2) is 48.3 Å². The maximum Gasteiger partial charge on any atom is 0.303 e. The molecule has 4 atom stereocenters. The molecular weight excluding hydrogens is 365 g/mol. The summed E-state index contributed by atoms with van der Waals surface area (Å²) < 4.78 is 21.6. The van der Waals surface area contributed by atoms with Crippen molar-refractivity contribution in [2.45, 2.75) is 56.3 Å². The summed E-state index contributed by atoms with van der Waals surface area (Å²) in [5.41, 5.74) is 0.510. The van der Waals surface area contributed by atoms with Crippen molar-refractivity contribution in [1.29, 1.82) is 0 Å². The largest absolute Gasteiger partial charge is 0.463 e. The number of aryl methyl sites for hydroxylation is 1. The van der Waals surface area contributed by atoms with Crippen molar-refractivity contribution >= 4 is 29.7 Å². The van der Waals surface area contributed by atoms with Crippen molar-refractivity contribution in [2.24, 2.45) is 0 Å². The zero-order valence-electron chi connectivity index (χ0n) is 15.1. The topological polar surface area (TPSA) is 88.1 Å². The van der Waals surface area contributed by atoms with Crippen molar-refractivity contribution < 1.29 is 33.3 Å². The van der Waals surface area contributed by atoms with Crippen LogP contribution in [0.3, 0.4) is 0 Å². The van der Waals surface area contributed by atoms with E-state index in [4.69, 9.17) is 18.9 Å². The highest BCUT2D eigenvalue weighted by Gasteiger charge is 2.50. The number of esters is 3. The van der Waals surface area contributed by atoms with Crippen LogP contribution in [0.4, 0.5) is 0 Å². The average molecular weight is 387 g/mol. The molecule has 142 valence electrons. The molecule has 26 heavy (non-hydrogen) atoms. The number of thioether (sulfide) groups is 1. The second kappa shape index (κ2) is 9.05. The third-order valence-electron chi connectivity index (χ3n) is 3.60. The maximum absolute atomic E-state index is 11.5. The first-order valence-electron chi connectivity index (χ1n) is 8.13. The van der Waals surface area contributed by atoms with Gasteiger partial charge in [-0.3, -0.25) is 14.4 Å². The Hall–Kier alpha value is -2.06. The van der Waals surface area contributed by atoms with Crippen LogP contribution in [-0.2, 0) is 33.3 Å². The lowest BCUT2D eigenvalue weighted by Crippen LogP contribution is -2.40. The van der Waals surface area contributed by atoms with Gasteiger partial charge in [0.2, 0.25) is 0 Å². The Kier molecular flexibility index (Phi) is 7.05. The molecule has 1 heterocycles. The number of carbonyl (C=O) groups excluding carboxylic acids is 3. The van der Waals surface area contributed by atoms with Crippen LogP contribution in [0.25, 0.3) is 0 Å². The van der Waals surface area contributed by atoms with Gasteiger partial charge in [0.25, 0.3) is 0 Å². The Morgan fingerprint density at radius 3 is 2.08 bits per heavy atom. The van der Waals surface area contributed by atoms with Gasteiger partial charge in [0.15, 0.2) is 12.2 Å². The van der Waals surface area contributed by atoms with Gasteiger partial charge < -0.3 is 18.9 Å². The number of ether oxygens (including phenoxy) is 4. The molecule has 0 spiro atoms. The molecule has 0 aromatic heterocycles. The van der Waals surface area contributed by atoms with Gasteiger partial charge >= 0.3 is 17.9 Å². The molecular formula is C18H22O7S. The first-order valence-corrected chi connectivity index (χ1v) is 9.01. The molecule has 0 amide bonds. The summed E-state index contributed by atoms with van der Waals surface area (Å²) in [6.45, 7) is 5.69. The minimum Gasteiger partial charge on any atom is -0.463 e. The first-order chi connectivity index (χ1) is 12.3. The predicted octanol–water partition coefficient (Wildman–Crippen LogP) is 2.24. The molecule has 8 heteroatoms. The molecule has 0 unspecified atom stereocenters. The third kappa shape index (κ3) is 5.74. The fraction of sp³-hybridized carbons (Fsp3) is 0.500. The Bertz CT molecular complexity index is 658. The lowest BCUT2D eigenvalue weighted by molar-refractivity contribution is -0.165. The highest BCUT2D eigenvalue weighted by Crippen LogP contribution is 2.37.